The molecule has 92 valence electrons. The molecule has 1 aliphatic carbocycles. The van der Waals surface area contributed by atoms with Crippen molar-refractivity contribution in [1.82, 2.24) is 4.98 Å². The number of aliphatic hydroxyl groups is 1. The summed E-state index contributed by atoms with van der Waals surface area (Å²) < 4.78 is 0. The van der Waals surface area contributed by atoms with Gasteiger partial charge in [-0.05, 0) is 42.7 Å². The molecular weight excluding hydrogens is 222 g/mol. The Bertz CT molecular complexity index is 583. The molecule has 0 bridgehead atoms. The van der Waals surface area contributed by atoms with Crippen molar-refractivity contribution >= 4 is 10.8 Å². The number of hydrogen-bond acceptors (Lipinski definition) is 2. The summed E-state index contributed by atoms with van der Waals surface area (Å²) in [5, 5.41) is 12.7. The Morgan fingerprint density at radius 3 is 2.83 bits per heavy atom. The minimum atomic E-state index is -0.545. The van der Waals surface area contributed by atoms with Gasteiger partial charge in [0.25, 0.3) is 0 Å². The van der Waals surface area contributed by atoms with Crippen LogP contribution in [-0.4, -0.2) is 10.1 Å². The molecule has 0 saturated heterocycles. The lowest BCUT2D eigenvalue weighted by molar-refractivity contribution is 0.205. The second-order valence-electron chi connectivity index (χ2n) is 4.84. The summed E-state index contributed by atoms with van der Waals surface area (Å²) in [6.07, 6.45) is 7.90. The van der Waals surface area contributed by atoms with Gasteiger partial charge in [0.1, 0.15) is 6.10 Å². The standard InChI is InChI=1S/C16H17NO/c18-16(13-7-2-1-3-8-13)15-14-9-5-4-6-12(14)10-11-17-15/h4-7,9-11,16,18H,1-3,8H2. The van der Waals surface area contributed by atoms with E-state index in [1.165, 1.54) is 12.8 Å². The highest BCUT2D eigenvalue weighted by molar-refractivity contribution is 5.84. The Kier molecular flexibility index (Phi) is 3.11. The number of pyridine rings is 1. The van der Waals surface area contributed by atoms with Gasteiger partial charge in [-0.1, -0.05) is 30.3 Å². The number of aromatic nitrogens is 1. The van der Waals surface area contributed by atoms with Crippen molar-refractivity contribution in [3.8, 4) is 0 Å². The number of aliphatic hydroxyl groups excluding tert-OH is 1. The summed E-state index contributed by atoms with van der Waals surface area (Å²) in [5.74, 6) is 0. The minimum Gasteiger partial charge on any atom is -0.382 e. The predicted octanol–water partition coefficient (Wildman–Crippen LogP) is 3.77. The molecule has 0 radical (unpaired) electrons. The van der Waals surface area contributed by atoms with E-state index in [0.29, 0.717) is 0 Å². The van der Waals surface area contributed by atoms with Crippen LogP contribution in [0.2, 0.25) is 0 Å². The van der Waals surface area contributed by atoms with Crippen LogP contribution in [0, 0.1) is 0 Å². The van der Waals surface area contributed by atoms with Crippen molar-refractivity contribution in [2.75, 3.05) is 0 Å². The van der Waals surface area contributed by atoms with Crippen LogP contribution >= 0.6 is 0 Å². The third kappa shape index (κ3) is 2.04. The Labute approximate surface area is 107 Å². The van der Waals surface area contributed by atoms with Crippen LogP contribution in [0.1, 0.15) is 37.5 Å². The summed E-state index contributed by atoms with van der Waals surface area (Å²) >= 11 is 0. The lowest BCUT2D eigenvalue weighted by Crippen LogP contribution is -2.07. The SMILES string of the molecule is OC(C1=CCCCC1)c1nccc2ccccc12. The van der Waals surface area contributed by atoms with E-state index in [-0.39, 0.29) is 0 Å². The minimum absolute atomic E-state index is 0.545. The van der Waals surface area contributed by atoms with E-state index in [9.17, 15) is 5.11 Å². The first-order valence-electron chi connectivity index (χ1n) is 6.57. The van der Waals surface area contributed by atoms with E-state index in [2.05, 4.69) is 17.1 Å². The fourth-order valence-corrected chi connectivity index (χ4v) is 2.65. The molecule has 1 aliphatic rings. The molecule has 18 heavy (non-hydrogen) atoms. The molecule has 2 nitrogen and oxygen atoms in total. The highest BCUT2D eigenvalue weighted by Crippen LogP contribution is 2.31. The maximum Gasteiger partial charge on any atom is 0.118 e. The molecule has 1 aromatic heterocycles. The number of benzene rings is 1. The van der Waals surface area contributed by atoms with Crippen LogP contribution in [0.3, 0.4) is 0 Å². The smallest absolute Gasteiger partial charge is 0.118 e. The van der Waals surface area contributed by atoms with Crippen LogP contribution in [0.15, 0.2) is 48.2 Å². The zero-order chi connectivity index (χ0) is 12.4. The largest absolute Gasteiger partial charge is 0.382 e. The molecule has 0 saturated carbocycles. The summed E-state index contributed by atoms with van der Waals surface area (Å²) in [6.45, 7) is 0. The van der Waals surface area contributed by atoms with Crippen molar-refractivity contribution in [3.63, 3.8) is 0 Å². The highest BCUT2D eigenvalue weighted by atomic mass is 16.3. The first kappa shape index (κ1) is 11.4. The first-order valence-corrected chi connectivity index (χ1v) is 6.57. The van der Waals surface area contributed by atoms with Gasteiger partial charge in [-0.25, -0.2) is 0 Å². The molecule has 0 aliphatic heterocycles. The van der Waals surface area contributed by atoms with Gasteiger partial charge in [0.15, 0.2) is 0 Å². The molecule has 1 unspecified atom stereocenters. The van der Waals surface area contributed by atoms with Crippen molar-refractivity contribution in [2.45, 2.75) is 31.8 Å². The van der Waals surface area contributed by atoms with Gasteiger partial charge in [0.05, 0.1) is 5.69 Å². The van der Waals surface area contributed by atoms with Crippen LogP contribution in [0.5, 0.6) is 0 Å². The van der Waals surface area contributed by atoms with Crippen molar-refractivity contribution in [1.29, 1.82) is 0 Å². The Morgan fingerprint density at radius 1 is 1.11 bits per heavy atom. The lowest BCUT2D eigenvalue weighted by Gasteiger charge is -2.19. The Hall–Kier alpha value is -1.67. The molecule has 0 fully saturated rings. The average molecular weight is 239 g/mol. The number of rotatable bonds is 2. The van der Waals surface area contributed by atoms with Gasteiger partial charge in [-0.2, -0.15) is 0 Å². The van der Waals surface area contributed by atoms with Crippen molar-refractivity contribution in [2.24, 2.45) is 0 Å². The van der Waals surface area contributed by atoms with Crippen molar-refractivity contribution < 1.29 is 5.11 Å². The normalized spacial score (nSPS) is 17.5. The molecule has 1 N–H and O–H groups in total. The number of nitrogens with zero attached hydrogens (tertiary/aromatic N) is 1. The Balaban J connectivity index is 2.05. The van der Waals surface area contributed by atoms with E-state index in [1.54, 1.807) is 6.20 Å². The summed E-state index contributed by atoms with van der Waals surface area (Å²) in [7, 11) is 0. The fraction of sp³-hybridized carbons (Fsp3) is 0.312. The van der Waals surface area contributed by atoms with Crippen LogP contribution < -0.4 is 0 Å². The van der Waals surface area contributed by atoms with E-state index in [4.69, 9.17) is 0 Å². The first-order chi connectivity index (χ1) is 8.86. The molecule has 0 spiro atoms. The zero-order valence-corrected chi connectivity index (χ0v) is 10.3. The highest BCUT2D eigenvalue weighted by Gasteiger charge is 2.18. The topological polar surface area (TPSA) is 33.1 Å². The molecular formula is C16H17NO. The second kappa shape index (κ2) is 4.91. The number of hydrogen-bond donors (Lipinski definition) is 1. The van der Waals surface area contributed by atoms with Crippen LogP contribution in [0.25, 0.3) is 10.8 Å². The van der Waals surface area contributed by atoms with E-state index >= 15 is 0 Å². The molecule has 3 rings (SSSR count). The Morgan fingerprint density at radius 2 is 2.00 bits per heavy atom. The molecule has 2 aromatic rings. The van der Waals surface area contributed by atoms with Crippen molar-refractivity contribution in [3.05, 3.63) is 53.9 Å². The molecule has 2 heteroatoms. The predicted molar refractivity (Wildman–Crippen MR) is 73.3 cm³/mol. The second-order valence-corrected chi connectivity index (χ2v) is 4.84. The van der Waals surface area contributed by atoms with E-state index < -0.39 is 6.10 Å². The van der Waals surface area contributed by atoms with Gasteiger partial charge in [0, 0.05) is 11.6 Å². The summed E-state index contributed by atoms with van der Waals surface area (Å²) in [5.41, 5.74) is 1.92. The van der Waals surface area contributed by atoms with E-state index in [0.717, 1.165) is 34.9 Å². The maximum absolute atomic E-state index is 10.5. The van der Waals surface area contributed by atoms with Gasteiger partial charge in [0.2, 0.25) is 0 Å². The monoisotopic (exact) mass is 239 g/mol. The quantitative estimate of drug-likeness (QED) is 0.809. The number of fused-ring (bicyclic) bond motifs is 1. The lowest BCUT2D eigenvalue weighted by atomic mass is 9.92. The third-order valence-electron chi connectivity index (χ3n) is 3.64. The van der Waals surface area contributed by atoms with Gasteiger partial charge >= 0.3 is 0 Å². The van der Waals surface area contributed by atoms with Crippen LogP contribution in [0.4, 0.5) is 0 Å². The molecule has 1 aromatic carbocycles. The summed E-state index contributed by atoms with van der Waals surface area (Å²) in [6, 6.07) is 10.1. The van der Waals surface area contributed by atoms with Gasteiger partial charge < -0.3 is 5.11 Å². The third-order valence-corrected chi connectivity index (χ3v) is 3.64. The van der Waals surface area contributed by atoms with Gasteiger partial charge in [-0.3, -0.25) is 4.98 Å². The van der Waals surface area contributed by atoms with Gasteiger partial charge in [-0.15, -0.1) is 0 Å². The van der Waals surface area contributed by atoms with Crippen LogP contribution in [-0.2, 0) is 0 Å². The summed E-state index contributed by atoms with van der Waals surface area (Å²) in [4.78, 5) is 4.39. The molecule has 1 atom stereocenters. The maximum atomic E-state index is 10.5. The number of allylic oxidation sites excluding steroid dienone is 1. The zero-order valence-electron chi connectivity index (χ0n) is 10.3. The fourth-order valence-electron chi connectivity index (χ4n) is 2.65. The molecule has 0 amide bonds. The average Bonchev–Trinajstić information content (AvgIpc) is 2.47. The van der Waals surface area contributed by atoms with E-state index in [1.807, 2.05) is 24.3 Å². The molecule has 1 heterocycles.